The number of aromatic nitrogens is 1. The molecule has 6 heteroatoms. The number of allylic oxidation sites excluding steroid dienone is 2. The van der Waals surface area contributed by atoms with Crippen LogP contribution in [0, 0.1) is 0 Å². The quantitative estimate of drug-likeness (QED) is 0.833. The molecule has 6 nitrogen and oxygen atoms in total. The maximum atomic E-state index is 12.8. The van der Waals surface area contributed by atoms with Crippen LogP contribution in [-0.4, -0.2) is 39.6 Å². The summed E-state index contributed by atoms with van der Waals surface area (Å²) in [7, 11) is 0. The van der Waals surface area contributed by atoms with E-state index in [9.17, 15) is 9.59 Å². The number of hydrogen-bond donors (Lipinski definition) is 1. The van der Waals surface area contributed by atoms with E-state index in [4.69, 9.17) is 0 Å². The summed E-state index contributed by atoms with van der Waals surface area (Å²) in [6.07, 6.45) is 9.00. The van der Waals surface area contributed by atoms with Gasteiger partial charge in [0.05, 0.1) is 6.42 Å². The van der Waals surface area contributed by atoms with E-state index in [0.29, 0.717) is 12.4 Å². The van der Waals surface area contributed by atoms with E-state index in [2.05, 4.69) is 15.3 Å². The van der Waals surface area contributed by atoms with Crippen molar-refractivity contribution in [3.63, 3.8) is 0 Å². The average Bonchev–Trinajstić information content (AvgIpc) is 2.58. The van der Waals surface area contributed by atoms with Gasteiger partial charge >= 0.3 is 0 Å². The fraction of sp³-hybridized carbons (Fsp3) is 0.368. The fourth-order valence-corrected chi connectivity index (χ4v) is 3.04. The highest BCUT2D eigenvalue weighted by molar-refractivity contribution is 6.09. The summed E-state index contributed by atoms with van der Waals surface area (Å²) in [5.41, 5.74) is 1.06. The monoisotopic (exact) mass is 338 g/mol. The first kappa shape index (κ1) is 17.1. The van der Waals surface area contributed by atoms with Crippen LogP contribution in [0.1, 0.15) is 32.4 Å². The zero-order valence-corrected chi connectivity index (χ0v) is 14.5. The molecule has 25 heavy (non-hydrogen) atoms. The van der Waals surface area contributed by atoms with Gasteiger partial charge in [-0.15, -0.1) is 0 Å². The van der Waals surface area contributed by atoms with Crippen molar-refractivity contribution < 1.29 is 9.59 Å². The van der Waals surface area contributed by atoms with Crippen LogP contribution >= 0.6 is 0 Å². The second-order valence-corrected chi connectivity index (χ2v) is 6.57. The third kappa shape index (κ3) is 3.68. The van der Waals surface area contributed by atoms with Gasteiger partial charge in [-0.05, 0) is 56.5 Å². The molecular weight excluding hydrogens is 316 g/mol. The zero-order chi connectivity index (χ0) is 17.9. The minimum absolute atomic E-state index is 0.0692. The minimum Gasteiger partial charge on any atom is -0.354 e. The van der Waals surface area contributed by atoms with Gasteiger partial charge in [0.15, 0.2) is 0 Å². The molecule has 1 atom stereocenters. The van der Waals surface area contributed by atoms with Gasteiger partial charge in [0.2, 0.25) is 5.91 Å². The zero-order valence-electron chi connectivity index (χ0n) is 14.5. The SMILES string of the molecule is CC1=CC2=NC(=O)C[C@@](C)(C(=O)NCCCc3ccccn3)N2C=C1. The Morgan fingerprint density at radius 1 is 1.40 bits per heavy atom. The lowest BCUT2D eigenvalue weighted by molar-refractivity contribution is -0.134. The Bertz CT molecular complexity index is 767. The number of carbonyl (C=O) groups is 2. The van der Waals surface area contributed by atoms with Gasteiger partial charge in [0.25, 0.3) is 5.91 Å². The Morgan fingerprint density at radius 2 is 2.24 bits per heavy atom. The molecule has 0 fully saturated rings. The Kier molecular flexibility index (Phi) is 4.79. The molecule has 0 radical (unpaired) electrons. The molecule has 1 aromatic rings. The fourth-order valence-electron chi connectivity index (χ4n) is 3.04. The lowest BCUT2D eigenvalue weighted by Gasteiger charge is -2.42. The van der Waals surface area contributed by atoms with Crippen LogP contribution in [0.3, 0.4) is 0 Å². The summed E-state index contributed by atoms with van der Waals surface area (Å²) in [4.78, 5) is 34.9. The molecule has 0 aromatic carbocycles. The normalized spacial score (nSPS) is 22.2. The first-order valence-corrected chi connectivity index (χ1v) is 8.44. The van der Waals surface area contributed by atoms with Gasteiger partial charge in [-0.1, -0.05) is 6.07 Å². The van der Waals surface area contributed by atoms with Crippen molar-refractivity contribution in [3.8, 4) is 0 Å². The van der Waals surface area contributed by atoms with E-state index in [0.717, 1.165) is 24.1 Å². The van der Waals surface area contributed by atoms with Gasteiger partial charge in [0.1, 0.15) is 11.4 Å². The van der Waals surface area contributed by atoms with Gasteiger partial charge < -0.3 is 10.2 Å². The largest absolute Gasteiger partial charge is 0.354 e. The molecule has 1 aromatic heterocycles. The van der Waals surface area contributed by atoms with E-state index in [-0.39, 0.29) is 18.2 Å². The molecule has 0 saturated heterocycles. The van der Waals surface area contributed by atoms with Gasteiger partial charge in [-0.25, -0.2) is 0 Å². The number of rotatable bonds is 5. The van der Waals surface area contributed by atoms with Crippen molar-refractivity contribution in [1.82, 2.24) is 15.2 Å². The van der Waals surface area contributed by atoms with E-state index >= 15 is 0 Å². The molecular formula is C19H22N4O2. The number of pyridine rings is 1. The number of hydrogen-bond acceptors (Lipinski definition) is 4. The molecule has 1 N–H and O–H groups in total. The number of carbonyl (C=O) groups excluding carboxylic acids is 2. The molecule has 0 spiro atoms. The summed E-state index contributed by atoms with van der Waals surface area (Å²) < 4.78 is 0. The number of fused-ring (bicyclic) bond motifs is 1. The Labute approximate surface area is 147 Å². The average molecular weight is 338 g/mol. The molecule has 0 saturated carbocycles. The van der Waals surface area contributed by atoms with Crippen LogP contribution in [0.2, 0.25) is 0 Å². The summed E-state index contributed by atoms with van der Waals surface area (Å²) in [5.74, 6) is 0.103. The van der Waals surface area contributed by atoms with Crippen molar-refractivity contribution >= 4 is 17.6 Å². The standard InChI is InChI=1S/C19H22N4O2/c1-14-8-11-23-16(12-14)22-17(24)13-19(23,2)18(25)21-10-5-7-15-6-3-4-9-20-15/h3-4,6,8-9,11-12H,5,7,10,13H2,1-2H3,(H,21,25)/t19-/m0/s1. The summed E-state index contributed by atoms with van der Waals surface area (Å²) in [5, 5.41) is 2.96. The predicted octanol–water partition coefficient (Wildman–Crippen LogP) is 1.99. The number of amidine groups is 1. The molecule has 0 bridgehead atoms. The molecule has 0 unspecified atom stereocenters. The van der Waals surface area contributed by atoms with Crippen LogP contribution in [0.5, 0.6) is 0 Å². The van der Waals surface area contributed by atoms with Crippen molar-refractivity contribution in [2.24, 2.45) is 4.99 Å². The van der Waals surface area contributed by atoms with Gasteiger partial charge in [0, 0.05) is 24.6 Å². The number of aryl methyl sites for hydroxylation is 1. The van der Waals surface area contributed by atoms with Crippen molar-refractivity contribution in [2.75, 3.05) is 6.54 Å². The van der Waals surface area contributed by atoms with Crippen LogP contribution in [0.25, 0.3) is 0 Å². The summed E-state index contributed by atoms with van der Waals surface area (Å²) in [6.45, 7) is 4.26. The Balaban J connectivity index is 1.62. The van der Waals surface area contributed by atoms with E-state index < -0.39 is 5.54 Å². The maximum Gasteiger partial charge on any atom is 0.250 e. The highest BCUT2D eigenvalue weighted by Gasteiger charge is 2.45. The maximum absolute atomic E-state index is 12.8. The van der Waals surface area contributed by atoms with Crippen molar-refractivity contribution in [2.45, 2.75) is 38.6 Å². The third-order valence-corrected chi connectivity index (χ3v) is 4.47. The van der Waals surface area contributed by atoms with Crippen LogP contribution in [0.15, 0.2) is 53.3 Å². The molecule has 130 valence electrons. The van der Waals surface area contributed by atoms with Gasteiger partial charge in [-0.3, -0.25) is 14.6 Å². The molecule has 3 rings (SSSR count). The Hall–Kier alpha value is -2.76. The second-order valence-electron chi connectivity index (χ2n) is 6.57. The first-order chi connectivity index (χ1) is 12.0. The topological polar surface area (TPSA) is 74.7 Å². The van der Waals surface area contributed by atoms with Gasteiger partial charge in [-0.2, -0.15) is 4.99 Å². The predicted molar refractivity (Wildman–Crippen MR) is 95.8 cm³/mol. The lowest BCUT2D eigenvalue weighted by atomic mass is 9.90. The third-order valence-electron chi connectivity index (χ3n) is 4.47. The molecule has 2 aliphatic heterocycles. The minimum atomic E-state index is -0.952. The lowest BCUT2D eigenvalue weighted by Crippen LogP contribution is -2.60. The van der Waals surface area contributed by atoms with E-state index in [1.54, 1.807) is 18.0 Å². The second kappa shape index (κ2) is 7.01. The molecule has 2 amide bonds. The number of nitrogens with zero attached hydrogens (tertiary/aromatic N) is 3. The van der Waals surface area contributed by atoms with E-state index in [1.807, 2.05) is 43.5 Å². The highest BCUT2D eigenvalue weighted by Crippen LogP contribution is 2.29. The van der Waals surface area contributed by atoms with Crippen LogP contribution in [-0.2, 0) is 16.0 Å². The number of aliphatic imine (C=N–C) groups is 1. The molecule has 2 aliphatic rings. The highest BCUT2D eigenvalue weighted by atomic mass is 16.2. The first-order valence-electron chi connectivity index (χ1n) is 8.44. The smallest absolute Gasteiger partial charge is 0.250 e. The van der Waals surface area contributed by atoms with Crippen LogP contribution in [0.4, 0.5) is 0 Å². The van der Waals surface area contributed by atoms with Crippen molar-refractivity contribution in [1.29, 1.82) is 0 Å². The number of nitrogens with one attached hydrogen (secondary N) is 1. The summed E-state index contributed by atoms with van der Waals surface area (Å²) >= 11 is 0. The van der Waals surface area contributed by atoms with Crippen molar-refractivity contribution in [3.05, 3.63) is 54.0 Å². The molecule has 3 heterocycles. The summed E-state index contributed by atoms with van der Waals surface area (Å²) in [6, 6.07) is 5.81. The number of amides is 2. The Morgan fingerprint density at radius 3 is 3.00 bits per heavy atom. The molecule has 0 aliphatic carbocycles. The van der Waals surface area contributed by atoms with Crippen LogP contribution < -0.4 is 5.32 Å². The van der Waals surface area contributed by atoms with E-state index in [1.165, 1.54) is 0 Å².